The number of aryl methyl sites for hydroxylation is 1. The number of pyridine rings is 1. The molecule has 0 saturated carbocycles. The second-order valence-electron chi connectivity index (χ2n) is 9.60. The van der Waals surface area contributed by atoms with E-state index in [2.05, 4.69) is 33.4 Å². The Hall–Kier alpha value is -2.29. The molecule has 1 N–H and O–H groups in total. The van der Waals surface area contributed by atoms with E-state index >= 15 is 0 Å². The van der Waals surface area contributed by atoms with Gasteiger partial charge in [-0.05, 0) is 75.3 Å². The first-order valence-corrected chi connectivity index (χ1v) is 13.3. The van der Waals surface area contributed by atoms with E-state index in [-0.39, 0.29) is 16.6 Å². The average Bonchev–Trinajstić information content (AvgIpc) is 2.80. The Kier molecular flexibility index (Phi) is 7.40. The maximum atomic E-state index is 13.2. The Morgan fingerprint density at radius 3 is 2.47 bits per heavy atom. The molecule has 9 heteroatoms. The van der Waals surface area contributed by atoms with Gasteiger partial charge in [0.05, 0.1) is 4.90 Å². The summed E-state index contributed by atoms with van der Waals surface area (Å²) >= 11 is 6.11. The van der Waals surface area contributed by atoms with Crippen molar-refractivity contribution in [2.75, 3.05) is 18.4 Å². The summed E-state index contributed by atoms with van der Waals surface area (Å²) in [5, 5.41) is 4.10. The SMILES string of the molecule is Cc1cc(S(=O)N2CCC(C(C)C)CC2)ccc1Nc1ncc2cc(Cl)c(=O)n(C(C)C)c2n1. The third-order valence-corrected chi connectivity index (χ3v) is 8.33. The fourth-order valence-corrected chi connectivity index (χ4v) is 6.00. The first kappa shape index (κ1) is 24.8. The molecule has 0 amide bonds. The van der Waals surface area contributed by atoms with Crippen molar-refractivity contribution in [3.8, 4) is 0 Å². The molecule has 34 heavy (non-hydrogen) atoms. The number of anilines is 2. The molecule has 7 nitrogen and oxygen atoms in total. The highest BCUT2D eigenvalue weighted by Gasteiger charge is 2.25. The molecular formula is C25H32ClN5O2S. The second-order valence-corrected chi connectivity index (χ2v) is 11.5. The summed E-state index contributed by atoms with van der Waals surface area (Å²) in [4.78, 5) is 22.4. The van der Waals surface area contributed by atoms with Gasteiger partial charge in [0.2, 0.25) is 5.95 Å². The van der Waals surface area contributed by atoms with Gasteiger partial charge in [-0.15, -0.1) is 0 Å². The van der Waals surface area contributed by atoms with E-state index in [0.717, 1.165) is 42.1 Å². The first-order valence-electron chi connectivity index (χ1n) is 11.8. The van der Waals surface area contributed by atoms with Crippen LogP contribution in [0.1, 0.15) is 52.1 Å². The fraction of sp³-hybridized carbons (Fsp3) is 0.480. The molecule has 1 aromatic carbocycles. The molecule has 1 aliphatic heterocycles. The van der Waals surface area contributed by atoms with Crippen molar-refractivity contribution in [3.05, 3.63) is 51.4 Å². The van der Waals surface area contributed by atoms with E-state index < -0.39 is 11.0 Å². The maximum absolute atomic E-state index is 13.2. The van der Waals surface area contributed by atoms with Crippen LogP contribution in [0.5, 0.6) is 0 Å². The van der Waals surface area contributed by atoms with E-state index in [4.69, 9.17) is 11.6 Å². The molecule has 1 saturated heterocycles. The van der Waals surface area contributed by atoms with Crippen molar-refractivity contribution in [3.63, 3.8) is 0 Å². The Morgan fingerprint density at radius 2 is 1.85 bits per heavy atom. The van der Waals surface area contributed by atoms with Crippen molar-refractivity contribution < 1.29 is 4.21 Å². The van der Waals surface area contributed by atoms with Crippen molar-refractivity contribution in [2.24, 2.45) is 11.8 Å². The van der Waals surface area contributed by atoms with Crippen molar-refractivity contribution in [2.45, 2.75) is 58.4 Å². The molecule has 4 rings (SSSR count). The van der Waals surface area contributed by atoms with Crippen LogP contribution in [0.25, 0.3) is 11.0 Å². The Morgan fingerprint density at radius 1 is 1.15 bits per heavy atom. The topological polar surface area (TPSA) is 80.1 Å². The molecule has 1 fully saturated rings. The molecular weight excluding hydrogens is 470 g/mol. The van der Waals surface area contributed by atoms with Gasteiger partial charge >= 0.3 is 0 Å². The summed E-state index contributed by atoms with van der Waals surface area (Å²) < 4.78 is 16.8. The molecule has 1 unspecified atom stereocenters. The predicted molar refractivity (Wildman–Crippen MR) is 139 cm³/mol. The Bertz CT molecular complexity index is 1280. The predicted octanol–water partition coefficient (Wildman–Crippen LogP) is 5.47. The molecule has 1 atom stereocenters. The van der Waals surface area contributed by atoms with Crippen molar-refractivity contribution >= 4 is 45.3 Å². The highest BCUT2D eigenvalue weighted by atomic mass is 35.5. The average molecular weight is 502 g/mol. The molecule has 0 radical (unpaired) electrons. The smallest absolute Gasteiger partial charge is 0.271 e. The minimum Gasteiger partial charge on any atom is -0.324 e. The lowest BCUT2D eigenvalue weighted by Gasteiger charge is -2.32. The number of hydrogen-bond acceptors (Lipinski definition) is 5. The lowest BCUT2D eigenvalue weighted by atomic mass is 9.87. The van der Waals surface area contributed by atoms with E-state index in [0.29, 0.717) is 28.8 Å². The van der Waals surface area contributed by atoms with Crippen molar-refractivity contribution in [1.29, 1.82) is 0 Å². The minimum atomic E-state index is -1.17. The van der Waals surface area contributed by atoms with E-state index in [1.807, 2.05) is 39.0 Å². The lowest BCUT2D eigenvalue weighted by Crippen LogP contribution is -2.36. The molecule has 0 spiro atoms. The quantitative estimate of drug-likeness (QED) is 0.484. The zero-order chi connectivity index (χ0) is 24.6. The van der Waals surface area contributed by atoms with Crippen LogP contribution in [0, 0.1) is 18.8 Å². The highest BCUT2D eigenvalue weighted by Crippen LogP contribution is 2.28. The molecule has 0 bridgehead atoms. The zero-order valence-electron chi connectivity index (χ0n) is 20.3. The van der Waals surface area contributed by atoms with Crippen LogP contribution in [0.3, 0.4) is 0 Å². The van der Waals surface area contributed by atoms with Crippen LogP contribution in [-0.4, -0.2) is 36.1 Å². The number of nitrogens with one attached hydrogen (secondary N) is 1. The van der Waals surface area contributed by atoms with E-state index in [1.54, 1.807) is 16.8 Å². The molecule has 1 aliphatic rings. The summed E-state index contributed by atoms with van der Waals surface area (Å²) in [5.41, 5.74) is 2.03. The number of aromatic nitrogens is 3. The van der Waals surface area contributed by atoms with Gasteiger partial charge in [0.1, 0.15) is 21.7 Å². The first-order chi connectivity index (χ1) is 16.2. The number of hydrogen-bond donors (Lipinski definition) is 1. The van der Waals surface area contributed by atoms with Crippen LogP contribution in [0.4, 0.5) is 11.6 Å². The number of benzene rings is 1. The Balaban J connectivity index is 1.55. The summed E-state index contributed by atoms with van der Waals surface area (Å²) in [6.07, 6.45) is 3.84. The molecule has 3 heterocycles. The maximum Gasteiger partial charge on any atom is 0.271 e. The van der Waals surface area contributed by atoms with E-state index in [1.165, 1.54) is 0 Å². The van der Waals surface area contributed by atoms with Gasteiger partial charge < -0.3 is 5.32 Å². The third kappa shape index (κ3) is 5.04. The third-order valence-electron chi connectivity index (χ3n) is 6.57. The van der Waals surface area contributed by atoms with Crippen LogP contribution < -0.4 is 10.9 Å². The second kappa shape index (κ2) is 10.1. The Labute approximate surface area is 208 Å². The van der Waals surface area contributed by atoms with Gasteiger partial charge in [0.25, 0.3) is 5.56 Å². The number of fused-ring (bicyclic) bond motifs is 1. The number of nitrogens with zero attached hydrogens (tertiary/aromatic N) is 4. The molecule has 182 valence electrons. The molecule has 3 aromatic rings. The van der Waals surface area contributed by atoms with Gasteiger partial charge in [-0.3, -0.25) is 9.36 Å². The fourth-order valence-electron chi connectivity index (χ4n) is 4.49. The number of rotatable bonds is 6. The van der Waals surface area contributed by atoms with Gasteiger partial charge in [0.15, 0.2) is 0 Å². The van der Waals surface area contributed by atoms with Crippen LogP contribution in [0.15, 0.2) is 40.2 Å². The van der Waals surface area contributed by atoms with Crippen molar-refractivity contribution in [1.82, 2.24) is 18.8 Å². The summed E-state index contributed by atoms with van der Waals surface area (Å²) in [6.45, 7) is 12.1. The molecule has 0 aliphatic carbocycles. The zero-order valence-corrected chi connectivity index (χ0v) is 21.9. The van der Waals surface area contributed by atoms with Gasteiger partial charge in [-0.25, -0.2) is 13.5 Å². The van der Waals surface area contributed by atoms with Crippen LogP contribution >= 0.6 is 11.6 Å². The molecule has 2 aromatic heterocycles. The number of piperidine rings is 1. The van der Waals surface area contributed by atoms with Gasteiger partial charge in [-0.2, -0.15) is 4.98 Å². The normalized spacial score (nSPS) is 16.5. The highest BCUT2D eigenvalue weighted by molar-refractivity contribution is 7.82. The van der Waals surface area contributed by atoms with Gasteiger partial charge in [0, 0.05) is 36.4 Å². The summed E-state index contributed by atoms with van der Waals surface area (Å²) in [5.74, 6) is 1.77. The lowest BCUT2D eigenvalue weighted by molar-refractivity contribution is 0.232. The monoisotopic (exact) mass is 501 g/mol. The van der Waals surface area contributed by atoms with Gasteiger partial charge in [-0.1, -0.05) is 25.4 Å². The van der Waals surface area contributed by atoms with E-state index in [9.17, 15) is 9.00 Å². The summed E-state index contributed by atoms with van der Waals surface area (Å²) in [6, 6.07) is 7.26. The number of halogens is 1. The standard InChI is InChI=1S/C25H32ClN5O2S/c1-15(2)18-8-10-30(11-9-18)34(33)20-6-7-22(17(5)12-20)28-25-27-14-19-13-21(26)24(32)31(16(3)4)23(19)29-25/h6-7,12-16,18H,8-11H2,1-5H3,(H,27,28,29). The minimum absolute atomic E-state index is 0.0990. The van der Waals surface area contributed by atoms with Crippen LogP contribution in [-0.2, 0) is 11.0 Å². The van der Waals surface area contributed by atoms with Crippen LogP contribution in [0.2, 0.25) is 5.02 Å². The summed E-state index contributed by atoms with van der Waals surface area (Å²) in [7, 11) is -1.17. The largest absolute Gasteiger partial charge is 0.324 e.